The molecule has 0 aromatic heterocycles. The van der Waals surface area contributed by atoms with Crippen LogP contribution in [0.4, 0.5) is 0 Å². The number of hydrogen-bond acceptors (Lipinski definition) is 1. The van der Waals surface area contributed by atoms with Crippen LogP contribution in [0, 0.1) is 0 Å². The molecule has 2 aromatic rings. The molecular weight excluding hydrogens is 303 g/mol. The summed E-state index contributed by atoms with van der Waals surface area (Å²) in [7, 11) is 0. The van der Waals surface area contributed by atoms with Gasteiger partial charge in [0, 0.05) is 10.6 Å². The van der Waals surface area contributed by atoms with Crippen LogP contribution >= 0.6 is 23.2 Å². The summed E-state index contributed by atoms with van der Waals surface area (Å²) in [6.45, 7) is 4.30. The zero-order valence-electron chi connectivity index (χ0n) is 11.9. The molecule has 0 saturated carbocycles. The Bertz CT molecular complexity index is 670. The van der Waals surface area contributed by atoms with E-state index in [2.05, 4.69) is 26.0 Å². The van der Waals surface area contributed by atoms with Crippen LogP contribution in [-0.2, 0) is 0 Å². The molecule has 0 atom stereocenters. The Morgan fingerprint density at radius 1 is 1.05 bits per heavy atom. The van der Waals surface area contributed by atoms with E-state index in [0.717, 1.165) is 5.56 Å². The fourth-order valence-electron chi connectivity index (χ4n) is 1.94. The molecule has 2 rings (SSSR count). The fourth-order valence-corrected chi connectivity index (χ4v) is 2.32. The highest BCUT2D eigenvalue weighted by molar-refractivity contribution is 6.36. The Balaban J connectivity index is 2.16. The Kier molecular flexibility index (Phi) is 5.22. The molecule has 0 aliphatic heterocycles. The maximum absolute atomic E-state index is 12.1. The molecule has 0 amide bonds. The lowest BCUT2D eigenvalue weighted by atomic mass is 10.0. The second kappa shape index (κ2) is 6.93. The van der Waals surface area contributed by atoms with Crippen LogP contribution in [0.1, 0.15) is 41.3 Å². The van der Waals surface area contributed by atoms with Crippen molar-refractivity contribution in [3.63, 3.8) is 0 Å². The van der Waals surface area contributed by atoms with Crippen LogP contribution in [-0.4, -0.2) is 5.78 Å². The van der Waals surface area contributed by atoms with Crippen LogP contribution in [0.25, 0.3) is 6.08 Å². The van der Waals surface area contributed by atoms with Crippen LogP contribution in [0.2, 0.25) is 10.0 Å². The van der Waals surface area contributed by atoms with Gasteiger partial charge in [0.25, 0.3) is 0 Å². The molecule has 0 heterocycles. The van der Waals surface area contributed by atoms with Crippen molar-refractivity contribution in [2.24, 2.45) is 0 Å². The van der Waals surface area contributed by atoms with Gasteiger partial charge in [0.15, 0.2) is 5.78 Å². The van der Waals surface area contributed by atoms with Gasteiger partial charge in [-0.1, -0.05) is 67.4 Å². The van der Waals surface area contributed by atoms with E-state index in [4.69, 9.17) is 23.2 Å². The smallest absolute Gasteiger partial charge is 0.187 e. The summed E-state index contributed by atoms with van der Waals surface area (Å²) in [5.74, 6) is 0.338. The van der Waals surface area contributed by atoms with E-state index in [0.29, 0.717) is 21.5 Å². The molecule has 1 nitrogen and oxygen atoms in total. The third-order valence-corrected chi connectivity index (χ3v) is 3.79. The van der Waals surface area contributed by atoms with Gasteiger partial charge in [-0.15, -0.1) is 0 Å². The second-order valence-electron chi connectivity index (χ2n) is 5.14. The molecule has 0 fully saturated rings. The van der Waals surface area contributed by atoms with E-state index in [1.165, 1.54) is 11.6 Å². The Morgan fingerprint density at radius 2 is 1.71 bits per heavy atom. The minimum absolute atomic E-state index is 0.157. The van der Waals surface area contributed by atoms with Gasteiger partial charge in [-0.25, -0.2) is 0 Å². The predicted molar refractivity (Wildman–Crippen MR) is 90.4 cm³/mol. The van der Waals surface area contributed by atoms with Crippen molar-refractivity contribution in [3.8, 4) is 0 Å². The Labute approximate surface area is 135 Å². The van der Waals surface area contributed by atoms with E-state index in [1.54, 1.807) is 24.3 Å². The summed E-state index contributed by atoms with van der Waals surface area (Å²) in [5, 5.41) is 0.904. The molecule has 0 spiro atoms. The number of hydrogen-bond donors (Lipinski definition) is 0. The summed E-state index contributed by atoms with van der Waals surface area (Å²) in [4.78, 5) is 12.1. The quantitative estimate of drug-likeness (QED) is 0.498. The average molecular weight is 319 g/mol. The van der Waals surface area contributed by atoms with Gasteiger partial charge in [0.2, 0.25) is 0 Å². The number of carbonyl (C=O) groups excluding carboxylic acids is 1. The van der Waals surface area contributed by atoms with E-state index in [-0.39, 0.29) is 5.78 Å². The molecule has 0 aliphatic carbocycles. The third kappa shape index (κ3) is 4.20. The third-order valence-electron chi connectivity index (χ3n) is 3.22. The maximum atomic E-state index is 12.1. The van der Waals surface area contributed by atoms with E-state index < -0.39 is 0 Å². The first-order valence-electron chi connectivity index (χ1n) is 6.75. The van der Waals surface area contributed by atoms with Gasteiger partial charge in [0.05, 0.1) is 5.02 Å². The topological polar surface area (TPSA) is 17.1 Å². The first kappa shape index (κ1) is 15.8. The van der Waals surface area contributed by atoms with Gasteiger partial charge >= 0.3 is 0 Å². The molecule has 21 heavy (non-hydrogen) atoms. The van der Waals surface area contributed by atoms with Gasteiger partial charge in [-0.2, -0.15) is 0 Å². The summed E-state index contributed by atoms with van der Waals surface area (Å²) in [5.41, 5.74) is 2.67. The molecule has 2 aromatic carbocycles. The van der Waals surface area contributed by atoms with Crippen molar-refractivity contribution in [1.82, 2.24) is 0 Å². The van der Waals surface area contributed by atoms with Crippen LogP contribution in [0.3, 0.4) is 0 Å². The van der Waals surface area contributed by atoms with E-state index in [1.807, 2.05) is 12.1 Å². The zero-order valence-corrected chi connectivity index (χ0v) is 13.4. The van der Waals surface area contributed by atoms with Gasteiger partial charge < -0.3 is 0 Å². The molecular formula is C18H16Cl2O. The lowest BCUT2D eigenvalue weighted by molar-refractivity contribution is 0.104. The molecule has 0 bridgehead atoms. The highest BCUT2D eigenvalue weighted by Gasteiger charge is 2.08. The number of halogens is 2. The van der Waals surface area contributed by atoms with Crippen molar-refractivity contribution in [1.29, 1.82) is 0 Å². The monoisotopic (exact) mass is 318 g/mol. The maximum Gasteiger partial charge on any atom is 0.187 e. The largest absolute Gasteiger partial charge is 0.289 e. The van der Waals surface area contributed by atoms with Crippen molar-refractivity contribution in [3.05, 3.63) is 75.3 Å². The molecule has 0 aliphatic rings. The number of benzene rings is 2. The molecule has 0 unspecified atom stereocenters. The van der Waals surface area contributed by atoms with Gasteiger partial charge in [0.1, 0.15) is 0 Å². The van der Waals surface area contributed by atoms with E-state index >= 15 is 0 Å². The first-order chi connectivity index (χ1) is 9.97. The summed E-state index contributed by atoms with van der Waals surface area (Å²) >= 11 is 11.9. The summed E-state index contributed by atoms with van der Waals surface area (Å²) in [6.07, 6.45) is 3.30. The predicted octanol–water partition coefficient (Wildman–Crippen LogP) is 6.01. The Morgan fingerprint density at radius 3 is 2.33 bits per heavy atom. The Hall–Kier alpha value is -1.57. The fraction of sp³-hybridized carbons (Fsp3) is 0.167. The second-order valence-corrected chi connectivity index (χ2v) is 5.99. The normalized spacial score (nSPS) is 11.3. The zero-order chi connectivity index (χ0) is 15.4. The lowest BCUT2D eigenvalue weighted by Crippen LogP contribution is -1.95. The van der Waals surface area contributed by atoms with Crippen molar-refractivity contribution in [2.45, 2.75) is 19.8 Å². The molecule has 3 heteroatoms. The SMILES string of the molecule is CC(C)c1ccc(/C=C/C(=O)c2cc(Cl)ccc2Cl)cc1. The standard InChI is InChI=1S/C18H16Cl2O/c1-12(2)14-6-3-13(4-7-14)5-10-18(21)16-11-15(19)8-9-17(16)20/h3-12H,1-2H3/b10-5+. The first-order valence-corrected chi connectivity index (χ1v) is 7.50. The van der Waals surface area contributed by atoms with Gasteiger partial charge in [-0.05, 0) is 41.3 Å². The van der Waals surface area contributed by atoms with Crippen LogP contribution in [0.15, 0.2) is 48.5 Å². The highest BCUT2D eigenvalue weighted by Crippen LogP contribution is 2.22. The minimum Gasteiger partial charge on any atom is -0.289 e. The molecule has 0 radical (unpaired) electrons. The number of ketones is 1. The number of allylic oxidation sites excluding steroid dienone is 1. The lowest BCUT2D eigenvalue weighted by Gasteiger charge is -2.04. The van der Waals surface area contributed by atoms with Crippen molar-refractivity contribution < 1.29 is 4.79 Å². The van der Waals surface area contributed by atoms with Crippen molar-refractivity contribution >= 4 is 35.1 Å². The summed E-state index contributed by atoms with van der Waals surface area (Å²) in [6, 6.07) is 13.0. The highest BCUT2D eigenvalue weighted by atomic mass is 35.5. The molecule has 108 valence electrons. The van der Waals surface area contributed by atoms with Crippen LogP contribution in [0.5, 0.6) is 0 Å². The minimum atomic E-state index is -0.157. The molecule has 0 saturated heterocycles. The summed E-state index contributed by atoms with van der Waals surface area (Å²) < 4.78 is 0. The molecule has 0 N–H and O–H groups in total. The number of carbonyl (C=O) groups is 1. The van der Waals surface area contributed by atoms with Crippen molar-refractivity contribution in [2.75, 3.05) is 0 Å². The van der Waals surface area contributed by atoms with Crippen LogP contribution < -0.4 is 0 Å². The van der Waals surface area contributed by atoms with Gasteiger partial charge in [-0.3, -0.25) is 4.79 Å². The average Bonchev–Trinajstić information content (AvgIpc) is 2.47. The number of rotatable bonds is 4. The van der Waals surface area contributed by atoms with E-state index in [9.17, 15) is 4.79 Å².